The van der Waals surface area contributed by atoms with Crippen molar-refractivity contribution in [1.82, 2.24) is 5.32 Å². The quantitative estimate of drug-likeness (QED) is 0.672. The molecule has 0 aromatic heterocycles. The van der Waals surface area contributed by atoms with Gasteiger partial charge in [0.2, 0.25) is 5.91 Å². The van der Waals surface area contributed by atoms with E-state index in [9.17, 15) is 14.4 Å². The van der Waals surface area contributed by atoms with Gasteiger partial charge in [0.1, 0.15) is 6.04 Å². The van der Waals surface area contributed by atoms with E-state index in [0.29, 0.717) is 11.3 Å². The van der Waals surface area contributed by atoms with Crippen LogP contribution in [0.2, 0.25) is 0 Å². The lowest BCUT2D eigenvalue weighted by molar-refractivity contribution is -0.124. The Labute approximate surface area is 181 Å². The Morgan fingerprint density at radius 3 is 2.84 bits per heavy atom. The average Bonchev–Trinajstić information content (AvgIpc) is 3.27. The largest absolute Gasteiger partial charge is 0.452 e. The Kier molecular flexibility index (Phi) is 6.21. The van der Waals surface area contributed by atoms with Crippen molar-refractivity contribution >= 4 is 29.2 Å². The van der Waals surface area contributed by atoms with E-state index in [-0.39, 0.29) is 30.5 Å². The molecule has 0 aliphatic carbocycles. The summed E-state index contributed by atoms with van der Waals surface area (Å²) in [6.45, 7) is 2.42. The maximum absolute atomic E-state index is 12.4. The second kappa shape index (κ2) is 9.20. The van der Waals surface area contributed by atoms with Crippen LogP contribution in [0.3, 0.4) is 0 Å². The monoisotopic (exact) mass is 421 g/mol. The van der Waals surface area contributed by atoms with Crippen molar-refractivity contribution in [2.24, 2.45) is 0 Å². The summed E-state index contributed by atoms with van der Waals surface area (Å²) in [5, 5.41) is 5.74. The number of esters is 1. The molecule has 0 spiro atoms. The molecule has 0 saturated carbocycles. The number of nitrogens with one attached hydrogen (secondary N) is 2. The van der Waals surface area contributed by atoms with Crippen molar-refractivity contribution in [1.29, 1.82) is 0 Å². The first-order valence-electron chi connectivity index (χ1n) is 10.7. The fourth-order valence-electron chi connectivity index (χ4n) is 4.19. The van der Waals surface area contributed by atoms with E-state index < -0.39 is 5.97 Å². The van der Waals surface area contributed by atoms with Crippen molar-refractivity contribution in [3.63, 3.8) is 0 Å². The van der Waals surface area contributed by atoms with E-state index >= 15 is 0 Å². The lowest BCUT2D eigenvalue weighted by Crippen LogP contribution is -2.43. The number of aryl methyl sites for hydroxylation is 1. The molecule has 4 rings (SSSR count). The van der Waals surface area contributed by atoms with E-state index in [2.05, 4.69) is 27.7 Å². The van der Waals surface area contributed by atoms with Crippen LogP contribution in [0.25, 0.3) is 0 Å². The molecule has 7 heteroatoms. The zero-order chi connectivity index (χ0) is 21.8. The fourth-order valence-corrected chi connectivity index (χ4v) is 4.19. The zero-order valence-electron chi connectivity index (χ0n) is 17.6. The first-order chi connectivity index (χ1) is 15.0. The van der Waals surface area contributed by atoms with Gasteiger partial charge in [-0.2, -0.15) is 0 Å². The SMILES string of the molecule is C[C@@H](CCc1ccccc1)NC(=O)COC(=O)c1ccc2c(c1)NC(=O)[C@@H]1CCCN21. The highest BCUT2D eigenvalue weighted by atomic mass is 16.5. The molecule has 2 atom stereocenters. The predicted octanol–water partition coefficient (Wildman–Crippen LogP) is 2.90. The van der Waals surface area contributed by atoms with E-state index in [4.69, 9.17) is 4.74 Å². The Bertz CT molecular complexity index is 976. The van der Waals surface area contributed by atoms with Gasteiger partial charge in [-0.3, -0.25) is 9.59 Å². The maximum Gasteiger partial charge on any atom is 0.338 e. The molecule has 2 aliphatic heterocycles. The third-order valence-corrected chi connectivity index (χ3v) is 5.81. The Morgan fingerprint density at radius 1 is 1.23 bits per heavy atom. The smallest absolute Gasteiger partial charge is 0.338 e. The summed E-state index contributed by atoms with van der Waals surface area (Å²) >= 11 is 0. The number of anilines is 2. The second-order valence-electron chi connectivity index (χ2n) is 8.14. The fraction of sp³-hybridized carbons (Fsp3) is 0.375. The number of benzene rings is 2. The summed E-state index contributed by atoms with van der Waals surface area (Å²) in [7, 11) is 0. The van der Waals surface area contributed by atoms with Crippen molar-refractivity contribution in [2.45, 2.75) is 44.7 Å². The number of hydrogen-bond acceptors (Lipinski definition) is 5. The van der Waals surface area contributed by atoms with Gasteiger partial charge in [0, 0.05) is 12.6 Å². The summed E-state index contributed by atoms with van der Waals surface area (Å²) in [5.41, 5.74) is 3.05. The molecule has 2 aliphatic rings. The molecule has 31 heavy (non-hydrogen) atoms. The van der Waals surface area contributed by atoms with Crippen LogP contribution in [-0.2, 0) is 20.7 Å². The molecule has 0 bridgehead atoms. The molecule has 2 aromatic rings. The van der Waals surface area contributed by atoms with E-state index in [0.717, 1.165) is 37.9 Å². The first kappa shape index (κ1) is 20.9. The van der Waals surface area contributed by atoms with Gasteiger partial charge in [-0.25, -0.2) is 4.79 Å². The van der Waals surface area contributed by atoms with Crippen LogP contribution in [0, 0.1) is 0 Å². The van der Waals surface area contributed by atoms with Crippen LogP contribution in [0.5, 0.6) is 0 Å². The minimum absolute atomic E-state index is 0.0289. The van der Waals surface area contributed by atoms with Gasteiger partial charge in [0.25, 0.3) is 5.91 Å². The third kappa shape index (κ3) is 4.87. The lowest BCUT2D eigenvalue weighted by Gasteiger charge is -2.33. The van der Waals surface area contributed by atoms with Crippen LogP contribution in [0.1, 0.15) is 42.1 Å². The standard InChI is InChI=1S/C24H27N3O4/c1-16(9-10-17-6-3-2-4-7-17)25-22(28)15-31-24(30)18-11-12-20-19(14-18)26-23(29)21-8-5-13-27(20)21/h2-4,6-7,11-12,14,16,21H,5,8-10,13,15H2,1H3,(H,25,28)(H,26,29)/t16-,21-/m0/s1. The molecule has 0 radical (unpaired) electrons. The number of fused-ring (bicyclic) bond motifs is 3. The van der Waals surface area contributed by atoms with Gasteiger partial charge in [-0.05, 0) is 56.4 Å². The van der Waals surface area contributed by atoms with Crippen LogP contribution in [-0.4, -0.2) is 43.0 Å². The third-order valence-electron chi connectivity index (χ3n) is 5.81. The molecule has 1 fully saturated rings. The first-order valence-corrected chi connectivity index (χ1v) is 10.7. The topological polar surface area (TPSA) is 87.7 Å². The number of carbonyl (C=O) groups excluding carboxylic acids is 3. The summed E-state index contributed by atoms with van der Waals surface area (Å²) < 4.78 is 5.18. The zero-order valence-corrected chi connectivity index (χ0v) is 17.6. The maximum atomic E-state index is 12.4. The number of nitrogens with zero attached hydrogens (tertiary/aromatic N) is 1. The highest BCUT2D eigenvalue weighted by Crippen LogP contribution is 2.37. The summed E-state index contributed by atoms with van der Waals surface area (Å²) in [6.07, 6.45) is 3.47. The van der Waals surface area contributed by atoms with Crippen molar-refractivity contribution in [2.75, 3.05) is 23.4 Å². The molecule has 2 amide bonds. The Balaban J connectivity index is 1.27. The van der Waals surface area contributed by atoms with Crippen LogP contribution >= 0.6 is 0 Å². The van der Waals surface area contributed by atoms with Crippen molar-refractivity contribution in [3.8, 4) is 0 Å². The molecular formula is C24H27N3O4. The normalized spacial score (nSPS) is 17.9. The molecule has 162 valence electrons. The second-order valence-corrected chi connectivity index (χ2v) is 8.14. The minimum atomic E-state index is -0.590. The van der Waals surface area contributed by atoms with Crippen LogP contribution < -0.4 is 15.5 Å². The molecule has 7 nitrogen and oxygen atoms in total. The molecule has 0 unspecified atom stereocenters. The molecule has 2 N–H and O–H groups in total. The van der Waals surface area contributed by atoms with Gasteiger partial charge < -0.3 is 20.3 Å². The minimum Gasteiger partial charge on any atom is -0.452 e. The molecule has 2 heterocycles. The number of hydrogen-bond donors (Lipinski definition) is 2. The van der Waals surface area contributed by atoms with E-state index in [1.807, 2.05) is 31.2 Å². The van der Waals surface area contributed by atoms with Crippen molar-refractivity contribution < 1.29 is 19.1 Å². The molecule has 1 saturated heterocycles. The highest BCUT2D eigenvalue weighted by Gasteiger charge is 2.36. The van der Waals surface area contributed by atoms with E-state index in [1.54, 1.807) is 12.1 Å². The predicted molar refractivity (Wildman–Crippen MR) is 118 cm³/mol. The lowest BCUT2D eigenvalue weighted by atomic mass is 10.1. The summed E-state index contributed by atoms with van der Waals surface area (Å²) in [4.78, 5) is 38.9. The van der Waals surface area contributed by atoms with Gasteiger partial charge in [0.05, 0.1) is 16.9 Å². The number of amides is 2. The number of ether oxygens (including phenoxy) is 1. The number of rotatable bonds is 7. The molecule has 2 aromatic carbocycles. The highest BCUT2D eigenvalue weighted by molar-refractivity contribution is 6.05. The molecular weight excluding hydrogens is 394 g/mol. The van der Waals surface area contributed by atoms with Crippen LogP contribution in [0.4, 0.5) is 11.4 Å². The summed E-state index contributed by atoms with van der Waals surface area (Å²) in [5.74, 6) is -0.966. The van der Waals surface area contributed by atoms with Gasteiger partial charge >= 0.3 is 5.97 Å². The van der Waals surface area contributed by atoms with Crippen LogP contribution in [0.15, 0.2) is 48.5 Å². The number of carbonyl (C=O) groups is 3. The van der Waals surface area contributed by atoms with Crippen molar-refractivity contribution in [3.05, 3.63) is 59.7 Å². The average molecular weight is 421 g/mol. The van der Waals surface area contributed by atoms with E-state index in [1.165, 1.54) is 5.56 Å². The summed E-state index contributed by atoms with van der Waals surface area (Å²) in [6, 6.07) is 15.0. The van der Waals surface area contributed by atoms with Gasteiger partial charge in [0.15, 0.2) is 6.61 Å². The van der Waals surface area contributed by atoms with Gasteiger partial charge in [-0.15, -0.1) is 0 Å². The Hall–Kier alpha value is -3.35. The van der Waals surface area contributed by atoms with Gasteiger partial charge in [-0.1, -0.05) is 30.3 Å². The Morgan fingerprint density at radius 2 is 2.03 bits per heavy atom.